The van der Waals surface area contributed by atoms with Crippen molar-refractivity contribution in [1.29, 1.82) is 0 Å². The minimum Gasteiger partial charge on any atom is -0.389 e. The molecule has 34 heavy (non-hydrogen) atoms. The number of aromatic nitrogens is 4. The van der Waals surface area contributed by atoms with Gasteiger partial charge in [0.25, 0.3) is 5.91 Å². The fourth-order valence-corrected chi connectivity index (χ4v) is 3.63. The number of amides is 1. The molecule has 4 aromatic rings. The zero-order chi connectivity index (χ0) is 23.9. The topological polar surface area (TPSA) is 104 Å². The van der Waals surface area contributed by atoms with E-state index in [-0.39, 0.29) is 18.2 Å². The third-order valence-corrected chi connectivity index (χ3v) is 5.58. The van der Waals surface area contributed by atoms with Gasteiger partial charge in [0.2, 0.25) is 0 Å². The molecule has 0 radical (unpaired) electrons. The second-order valence-electron chi connectivity index (χ2n) is 9.16. The summed E-state index contributed by atoms with van der Waals surface area (Å²) in [7, 11) is 0. The number of halogens is 1. The van der Waals surface area contributed by atoms with Crippen LogP contribution in [0, 0.1) is 5.82 Å². The van der Waals surface area contributed by atoms with Crippen LogP contribution in [0.1, 0.15) is 37.0 Å². The van der Waals surface area contributed by atoms with Crippen molar-refractivity contribution in [2.45, 2.75) is 38.3 Å². The summed E-state index contributed by atoms with van der Waals surface area (Å²) in [6.45, 7) is 3.66. The number of rotatable bonds is 7. The molecule has 0 aliphatic heterocycles. The van der Waals surface area contributed by atoms with E-state index in [0.29, 0.717) is 28.4 Å². The maximum atomic E-state index is 14.9. The van der Waals surface area contributed by atoms with Crippen molar-refractivity contribution in [3.05, 3.63) is 66.5 Å². The standard InChI is InChI=1S/C25H25FN6O2/c1-25(2,34)14-29-22-23-28-12-21(32(23)13-20(31-22)15-7-9-27-10-8-15)16-3-6-18(19(26)11-16)24(33)30-17-4-5-17/h3,6-13,17,34H,4-5,14H2,1-2H3,(H,29,31)(H,30,33). The molecule has 8 nitrogen and oxygen atoms in total. The number of carbonyl (C=O) groups is 1. The lowest BCUT2D eigenvalue weighted by Gasteiger charge is -2.19. The van der Waals surface area contributed by atoms with Crippen LogP contribution in [-0.4, -0.2) is 48.6 Å². The number of pyridine rings is 1. The Hall–Kier alpha value is -3.85. The molecular weight excluding hydrogens is 435 g/mol. The van der Waals surface area contributed by atoms with Gasteiger partial charge >= 0.3 is 0 Å². The van der Waals surface area contributed by atoms with Crippen molar-refractivity contribution in [3.8, 4) is 22.5 Å². The highest BCUT2D eigenvalue weighted by molar-refractivity contribution is 5.95. The first-order chi connectivity index (χ1) is 16.3. The smallest absolute Gasteiger partial charge is 0.254 e. The molecule has 1 fully saturated rings. The lowest BCUT2D eigenvalue weighted by atomic mass is 10.1. The summed E-state index contributed by atoms with van der Waals surface area (Å²) in [4.78, 5) is 25.6. The highest BCUT2D eigenvalue weighted by atomic mass is 19.1. The molecule has 174 valence electrons. The van der Waals surface area contributed by atoms with Gasteiger partial charge in [-0.25, -0.2) is 14.4 Å². The predicted octanol–water partition coefficient (Wildman–Crippen LogP) is 3.67. The van der Waals surface area contributed by atoms with Crippen LogP contribution in [0.15, 0.2) is 55.1 Å². The minimum absolute atomic E-state index is 0.0242. The van der Waals surface area contributed by atoms with E-state index in [1.54, 1.807) is 38.5 Å². The number of nitrogens with zero attached hydrogens (tertiary/aromatic N) is 4. The first kappa shape index (κ1) is 22.0. The predicted molar refractivity (Wildman–Crippen MR) is 127 cm³/mol. The number of aliphatic hydroxyl groups is 1. The summed E-state index contributed by atoms with van der Waals surface area (Å²) >= 11 is 0. The average molecular weight is 461 g/mol. The third kappa shape index (κ3) is 4.60. The Labute approximate surface area is 195 Å². The van der Waals surface area contributed by atoms with Gasteiger partial charge in [-0.2, -0.15) is 0 Å². The maximum Gasteiger partial charge on any atom is 0.254 e. The number of benzene rings is 1. The minimum atomic E-state index is -0.958. The molecule has 1 saturated carbocycles. The van der Waals surface area contributed by atoms with Crippen molar-refractivity contribution < 1.29 is 14.3 Å². The van der Waals surface area contributed by atoms with Crippen LogP contribution in [0.5, 0.6) is 0 Å². The lowest BCUT2D eigenvalue weighted by Crippen LogP contribution is -2.29. The molecule has 1 amide bonds. The Balaban J connectivity index is 1.57. The molecule has 0 atom stereocenters. The third-order valence-electron chi connectivity index (χ3n) is 5.58. The molecule has 3 aromatic heterocycles. The number of hydrogen-bond acceptors (Lipinski definition) is 6. The van der Waals surface area contributed by atoms with Gasteiger partial charge in [0, 0.05) is 42.3 Å². The van der Waals surface area contributed by atoms with Crippen LogP contribution in [0.3, 0.4) is 0 Å². The van der Waals surface area contributed by atoms with E-state index in [9.17, 15) is 14.3 Å². The van der Waals surface area contributed by atoms with E-state index >= 15 is 0 Å². The highest BCUT2D eigenvalue weighted by Gasteiger charge is 2.25. The zero-order valence-corrected chi connectivity index (χ0v) is 18.9. The van der Waals surface area contributed by atoms with E-state index < -0.39 is 17.3 Å². The van der Waals surface area contributed by atoms with E-state index in [0.717, 1.165) is 18.4 Å². The van der Waals surface area contributed by atoms with Gasteiger partial charge in [-0.15, -0.1) is 0 Å². The van der Waals surface area contributed by atoms with E-state index in [4.69, 9.17) is 4.98 Å². The maximum absolute atomic E-state index is 14.9. The van der Waals surface area contributed by atoms with Gasteiger partial charge in [-0.1, -0.05) is 6.07 Å². The molecule has 0 saturated heterocycles. The van der Waals surface area contributed by atoms with Gasteiger partial charge in [-0.3, -0.25) is 14.2 Å². The number of hydrogen-bond donors (Lipinski definition) is 3. The van der Waals surface area contributed by atoms with Crippen molar-refractivity contribution >= 4 is 17.4 Å². The zero-order valence-electron chi connectivity index (χ0n) is 18.9. The van der Waals surface area contributed by atoms with Crippen molar-refractivity contribution in [2.75, 3.05) is 11.9 Å². The fraction of sp³-hybridized carbons (Fsp3) is 0.280. The van der Waals surface area contributed by atoms with Crippen LogP contribution < -0.4 is 10.6 Å². The molecule has 0 bridgehead atoms. The molecule has 1 aromatic carbocycles. The molecule has 0 unspecified atom stereocenters. The summed E-state index contributed by atoms with van der Waals surface area (Å²) < 4.78 is 16.7. The number of carbonyl (C=O) groups excluding carboxylic acids is 1. The van der Waals surface area contributed by atoms with Crippen molar-refractivity contribution in [3.63, 3.8) is 0 Å². The first-order valence-corrected chi connectivity index (χ1v) is 11.1. The Morgan fingerprint density at radius 2 is 1.97 bits per heavy atom. The van der Waals surface area contributed by atoms with Crippen LogP contribution >= 0.6 is 0 Å². The van der Waals surface area contributed by atoms with E-state index in [1.165, 1.54) is 12.1 Å². The van der Waals surface area contributed by atoms with Crippen LogP contribution in [0.2, 0.25) is 0 Å². The number of fused-ring (bicyclic) bond motifs is 1. The van der Waals surface area contributed by atoms with Gasteiger partial charge in [-0.05, 0) is 51.0 Å². The number of nitrogens with one attached hydrogen (secondary N) is 2. The highest BCUT2D eigenvalue weighted by Crippen LogP contribution is 2.29. The summed E-state index contributed by atoms with van der Waals surface area (Å²) in [5.41, 5.74) is 2.33. The molecule has 1 aliphatic carbocycles. The normalized spacial score (nSPS) is 13.8. The van der Waals surface area contributed by atoms with Crippen LogP contribution in [0.4, 0.5) is 10.2 Å². The monoisotopic (exact) mass is 460 g/mol. The molecule has 5 rings (SSSR count). The van der Waals surface area contributed by atoms with E-state index in [1.807, 2.05) is 22.7 Å². The van der Waals surface area contributed by atoms with Gasteiger partial charge in [0.05, 0.1) is 28.7 Å². The summed E-state index contributed by atoms with van der Waals surface area (Å²) in [6, 6.07) is 8.40. The van der Waals surface area contributed by atoms with Gasteiger partial charge in [0.1, 0.15) is 5.82 Å². The Morgan fingerprint density at radius 3 is 2.65 bits per heavy atom. The fourth-order valence-electron chi connectivity index (χ4n) is 3.63. The van der Waals surface area contributed by atoms with Crippen molar-refractivity contribution in [1.82, 2.24) is 24.7 Å². The molecule has 1 aliphatic rings. The Bertz CT molecular complexity index is 1360. The molecule has 9 heteroatoms. The lowest BCUT2D eigenvalue weighted by molar-refractivity contribution is 0.0938. The van der Waals surface area contributed by atoms with Crippen molar-refractivity contribution in [2.24, 2.45) is 0 Å². The number of anilines is 1. The Morgan fingerprint density at radius 1 is 1.21 bits per heavy atom. The summed E-state index contributed by atoms with van der Waals surface area (Å²) in [5, 5.41) is 16.2. The molecule has 3 N–H and O–H groups in total. The SMILES string of the molecule is CC(C)(O)CNc1nc(-c2ccncc2)cn2c(-c3ccc(C(=O)NC4CC4)c(F)c3)cnc12. The Kier molecular flexibility index (Phi) is 5.49. The van der Waals surface area contributed by atoms with Crippen LogP contribution in [-0.2, 0) is 0 Å². The second-order valence-corrected chi connectivity index (χ2v) is 9.16. The quantitative estimate of drug-likeness (QED) is 0.389. The second kappa shape index (κ2) is 8.49. The van der Waals surface area contributed by atoms with Gasteiger partial charge < -0.3 is 15.7 Å². The number of imidazole rings is 1. The first-order valence-electron chi connectivity index (χ1n) is 11.1. The summed E-state index contributed by atoms with van der Waals surface area (Å²) in [5.74, 6) is -0.495. The molecule has 0 spiro atoms. The molecule has 3 heterocycles. The average Bonchev–Trinajstić information content (AvgIpc) is 3.52. The molecular formula is C25H25FN6O2. The largest absolute Gasteiger partial charge is 0.389 e. The van der Waals surface area contributed by atoms with E-state index in [2.05, 4.69) is 20.6 Å². The summed E-state index contributed by atoms with van der Waals surface area (Å²) in [6.07, 6.45) is 8.70. The van der Waals surface area contributed by atoms with Crippen LogP contribution in [0.25, 0.3) is 28.2 Å². The van der Waals surface area contributed by atoms with Gasteiger partial charge in [0.15, 0.2) is 11.5 Å².